The highest BCUT2D eigenvalue weighted by Gasteiger charge is 2.42. The first-order valence-corrected chi connectivity index (χ1v) is 8.40. The lowest BCUT2D eigenvalue weighted by atomic mass is 10.0. The summed E-state index contributed by atoms with van der Waals surface area (Å²) in [6.07, 6.45) is 1.71. The second kappa shape index (κ2) is 8.57. The van der Waals surface area contributed by atoms with Crippen molar-refractivity contribution in [3.63, 3.8) is 0 Å². The molecule has 0 bridgehead atoms. The van der Waals surface area contributed by atoms with E-state index in [0.717, 1.165) is 5.56 Å². The van der Waals surface area contributed by atoms with Crippen LogP contribution in [0.3, 0.4) is 0 Å². The highest BCUT2D eigenvalue weighted by Crippen LogP contribution is 2.31. The van der Waals surface area contributed by atoms with Crippen LogP contribution in [0, 0.1) is 11.1 Å². The van der Waals surface area contributed by atoms with Crippen LogP contribution in [0.4, 0.5) is 0 Å². The van der Waals surface area contributed by atoms with Gasteiger partial charge in [0.1, 0.15) is 13.0 Å². The van der Waals surface area contributed by atoms with Gasteiger partial charge in [0.05, 0.1) is 26.9 Å². The Morgan fingerprint density at radius 2 is 1.93 bits per heavy atom. The number of benzene rings is 1. The molecular formula is C19H24N2O6. The molecule has 0 N–H and O–H groups in total. The van der Waals surface area contributed by atoms with Crippen LogP contribution in [0.15, 0.2) is 29.5 Å². The van der Waals surface area contributed by atoms with Gasteiger partial charge in [-0.2, -0.15) is 0 Å². The predicted molar refractivity (Wildman–Crippen MR) is 98.8 cm³/mol. The van der Waals surface area contributed by atoms with Gasteiger partial charge in [-0.3, -0.25) is 4.79 Å². The summed E-state index contributed by atoms with van der Waals surface area (Å²) in [6, 6.07) is 5.53. The second-order valence-corrected chi connectivity index (χ2v) is 6.09. The molecule has 1 aliphatic rings. The maximum absolute atomic E-state index is 12.8. The van der Waals surface area contributed by atoms with Crippen LogP contribution in [0.2, 0.25) is 0 Å². The minimum atomic E-state index is -0.939. The van der Waals surface area contributed by atoms with Gasteiger partial charge in [0.25, 0.3) is 0 Å². The van der Waals surface area contributed by atoms with Crippen molar-refractivity contribution in [1.29, 1.82) is 0 Å². The monoisotopic (exact) mass is 376 g/mol. The first kappa shape index (κ1) is 20.3. The number of allylic oxidation sites excluding steroid dienone is 1. The molecule has 0 saturated heterocycles. The molecule has 0 spiro atoms. The molecule has 2 rings (SSSR count). The predicted octanol–water partition coefficient (Wildman–Crippen LogP) is 1.36. The van der Waals surface area contributed by atoms with Gasteiger partial charge in [0.15, 0.2) is 17.7 Å². The lowest BCUT2D eigenvalue weighted by Crippen LogP contribution is -2.32. The molecule has 0 aliphatic carbocycles. The molecular weight excluding hydrogens is 352 g/mol. The lowest BCUT2D eigenvalue weighted by molar-refractivity contribution is -0.419. The number of hydrogen-bond acceptors (Lipinski definition) is 6. The number of ether oxygens (including phenoxy) is 3. The van der Waals surface area contributed by atoms with E-state index in [4.69, 9.17) is 14.2 Å². The Morgan fingerprint density at radius 3 is 2.48 bits per heavy atom. The molecule has 1 atom stereocenters. The van der Waals surface area contributed by atoms with E-state index in [1.807, 2.05) is 12.1 Å². The Bertz CT molecular complexity index is 795. The van der Waals surface area contributed by atoms with E-state index in [1.165, 1.54) is 25.3 Å². The summed E-state index contributed by atoms with van der Waals surface area (Å²) in [5.74, 6) is -0.654. The van der Waals surface area contributed by atoms with Crippen molar-refractivity contribution < 1.29 is 28.5 Å². The molecule has 0 aromatic heterocycles. The van der Waals surface area contributed by atoms with Crippen LogP contribution in [-0.2, 0) is 20.7 Å². The number of carbonyl (C=O) groups is 2. The summed E-state index contributed by atoms with van der Waals surface area (Å²) in [6.45, 7) is 2.03. The van der Waals surface area contributed by atoms with Gasteiger partial charge in [-0.05, 0) is 31.0 Å². The molecule has 146 valence electrons. The number of nitrogens with zero attached hydrogens (tertiary/aromatic N) is 2. The van der Waals surface area contributed by atoms with Gasteiger partial charge < -0.3 is 24.3 Å². The summed E-state index contributed by atoms with van der Waals surface area (Å²) in [5, 5.41) is 11.4. The fourth-order valence-corrected chi connectivity index (χ4v) is 3.11. The average molecular weight is 376 g/mol. The van der Waals surface area contributed by atoms with E-state index in [2.05, 4.69) is 0 Å². The number of hydroxylamine groups is 1. The first-order valence-electron chi connectivity index (χ1n) is 8.40. The maximum Gasteiger partial charge on any atom is 0.336 e. The summed E-state index contributed by atoms with van der Waals surface area (Å²) >= 11 is 0. The SMILES string of the molecule is COC(=O)C1=C(C)N(CCc2ccc(OC)c(OC)c2)C(=O)[C@H]1/C=[N+](\C)[O-]. The van der Waals surface area contributed by atoms with Crippen LogP contribution in [0.25, 0.3) is 0 Å². The number of methoxy groups -OCH3 is 3. The molecule has 0 radical (unpaired) electrons. The molecule has 1 aromatic carbocycles. The van der Waals surface area contributed by atoms with Crippen LogP contribution < -0.4 is 9.47 Å². The lowest BCUT2D eigenvalue weighted by Gasteiger charge is -2.19. The minimum Gasteiger partial charge on any atom is -0.624 e. The topological polar surface area (TPSA) is 91.1 Å². The molecule has 8 nitrogen and oxygen atoms in total. The Balaban J connectivity index is 2.25. The van der Waals surface area contributed by atoms with Gasteiger partial charge in [0.2, 0.25) is 5.91 Å². The summed E-state index contributed by atoms with van der Waals surface area (Å²) < 4.78 is 15.8. The Morgan fingerprint density at radius 1 is 1.26 bits per heavy atom. The molecule has 1 aliphatic heterocycles. The van der Waals surface area contributed by atoms with Crippen molar-refractivity contribution in [1.82, 2.24) is 4.90 Å². The first-order chi connectivity index (χ1) is 12.8. The van der Waals surface area contributed by atoms with E-state index < -0.39 is 11.9 Å². The van der Waals surface area contributed by atoms with Crippen molar-refractivity contribution in [2.75, 3.05) is 34.9 Å². The van der Waals surface area contributed by atoms with E-state index in [-0.39, 0.29) is 11.5 Å². The van der Waals surface area contributed by atoms with Crippen molar-refractivity contribution in [3.05, 3.63) is 40.2 Å². The number of carbonyl (C=O) groups excluding carboxylic acids is 2. The zero-order valence-electron chi connectivity index (χ0n) is 16.1. The molecule has 1 amide bonds. The Labute approximate surface area is 158 Å². The van der Waals surface area contributed by atoms with Crippen molar-refractivity contribution >= 4 is 18.1 Å². The maximum atomic E-state index is 12.8. The van der Waals surface area contributed by atoms with Crippen LogP contribution >= 0.6 is 0 Å². The highest BCUT2D eigenvalue weighted by atomic mass is 16.5. The molecule has 1 aromatic rings. The quantitative estimate of drug-likeness (QED) is 0.235. The third-order valence-corrected chi connectivity index (χ3v) is 4.47. The van der Waals surface area contributed by atoms with Crippen molar-refractivity contribution in [3.8, 4) is 11.5 Å². The van der Waals surface area contributed by atoms with Gasteiger partial charge in [-0.15, -0.1) is 0 Å². The molecule has 0 unspecified atom stereocenters. The molecule has 8 heteroatoms. The van der Waals surface area contributed by atoms with Gasteiger partial charge >= 0.3 is 5.97 Å². The summed E-state index contributed by atoms with van der Waals surface area (Å²) in [5.41, 5.74) is 1.63. The largest absolute Gasteiger partial charge is 0.624 e. The van der Waals surface area contributed by atoms with Gasteiger partial charge in [-0.1, -0.05) is 6.07 Å². The van der Waals surface area contributed by atoms with Crippen molar-refractivity contribution in [2.24, 2.45) is 5.92 Å². The van der Waals surface area contributed by atoms with E-state index in [1.54, 1.807) is 27.2 Å². The molecule has 1 heterocycles. The minimum absolute atomic E-state index is 0.192. The Kier molecular flexibility index (Phi) is 6.44. The smallest absolute Gasteiger partial charge is 0.336 e. The number of esters is 1. The zero-order chi connectivity index (χ0) is 20.1. The second-order valence-electron chi connectivity index (χ2n) is 6.09. The highest BCUT2D eigenvalue weighted by molar-refractivity contribution is 6.09. The zero-order valence-corrected chi connectivity index (χ0v) is 16.1. The third-order valence-electron chi connectivity index (χ3n) is 4.47. The van der Waals surface area contributed by atoms with Gasteiger partial charge in [0, 0.05) is 12.2 Å². The van der Waals surface area contributed by atoms with Gasteiger partial charge in [-0.25, -0.2) is 9.53 Å². The fourth-order valence-electron chi connectivity index (χ4n) is 3.11. The fraction of sp³-hybridized carbons (Fsp3) is 0.421. The average Bonchev–Trinajstić information content (AvgIpc) is 2.88. The molecule has 0 fully saturated rings. The molecule has 0 saturated carbocycles. The number of hydrogen-bond donors (Lipinski definition) is 0. The van der Waals surface area contributed by atoms with E-state index in [0.29, 0.717) is 34.9 Å². The van der Waals surface area contributed by atoms with E-state index >= 15 is 0 Å². The number of rotatable bonds is 7. The summed E-state index contributed by atoms with van der Waals surface area (Å²) in [7, 11) is 5.63. The standard InChI is InChI=1S/C19H24N2O6/c1-12-17(19(23)27-5)14(11-20(2)24)18(22)21(12)9-8-13-6-7-15(25-3)16(10-13)26-4/h6-7,10-11,14H,8-9H2,1-5H3/b20-11+/t14-/m0/s1. The molecule has 27 heavy (non-hydrogen) atoms. The normalized spacial score (nSPS) is 17.4. The van der Waals surface area contributed by atoms with Crippen LogP contribution in [0.5, 0.6) is 11.5 Å². The van der Waals surface area contributed by atoms with Crippen molar-refractivity contribution in [2.45, 2.75) is 13.3 Å². The third kappa shape index (κ3) is 4.21. The number of amides is 1. The van der Waals surface area contributed by atoms with Crippen LogP contribution in [-0.4, -0.2) is 62.7 Å². The van der Waals surface area contributed by atoms with Crippen LogP contribution in [0.1, 0.15) is 12.5 Å². The summed E-state index contributed by atoms with van der Waals surface area (Å²) in [4.78, 5) is 26.4. The van der Waals surface area contributed by atoms with E-state index in [9.17, 15) is 14.8 Å². The Hall–Kier alpha value is -3.03.